The molecular weight excluding hydrogens is 314 g/mol. The molecule has 0 atom stereocenters. The van der Waals surface area contributed by atoms with Crippen LogP contribution in [0.5, 0.6) is 0 Å². The number of halogens is 1. The van der Waals surface area contributed by atoms with Crippen LogP contribution in [0.25, 0.3) is 0 Å². The molecule has 0 fully saturated rings. The van der Waals surface area contributed by atoms with Gasteiger partial charge >= 0.3 is 6.03 Å². The van der Waals surface area contributed by atoms with Crippen LogP contribution < -0.4 is 16.0 Å². The SMILES string of the molecule is CCC(=O)Nc1cc(NC(=O)Nc2ccc(Cl)cc2)ccc1C. The molecule has 0 radical (unpaired) electrons. The van der Waals surface area contributed by atoms with Crippen molar-refractivity contribution in [1.82, 2.24) is 0 Å². The van der Waals surface area contributed by atoms with E-state index in [0.717, 1.165) is 5.56 Å². The van der Waals surface area contributed by atoms with Crippen molar-refractivity contribution in [2.75, 3.05) is 16.0 Å². The molecule has 5 nitrogen and oxygen atoms in total. The zero-order valence-electron chi connectivity index (χ0n) is 12.9. The Hall–Kier alpha value is -2.53. The fraction of sp³-hybridized carbons (Fsp3) is 0.176. The Morgan fingerprint density at radius 1 is 0.957 bits per heavy atom. The molecule has 0 spiro atoms. The van der Waals surface area contributed by atoms with Crippen molar-refractivity contribution in [2.45, 2.75) is 20.3 Å². The Bertz CT molecular complexity index is 714. The van der Waals surface area contributed by atoms with Gasteiger partial charge in [0.05, 0.1) is 0 Å². The lowest BCUT2D eigenvalue weighted by atomic mass is 10.1. The van der Waals surface area contributed by atoms with Crippen LogP contribution in [0.3, 0.4) is 0 Å². The van der Waals surface area contributed by atoms with Crippen LogP contribution in [0.2, 0.25) is 5.02 Å². The van der Waals surface area contributed by atoms with Gasteiger partial charge in [-0.1, -0.05) is 24.6 Å². The van der Waals surface area contributed by atoms with E-state index in [1.54, 1.807) is 43.3 Å². The number of hydrogen-bond acceptors (Lipinski definition) is 2. The predicted molar refractivity (Wildman–Crippen MR) is 94.2 cm³/mol. The Morgan fingerprint density at radius 3 is 2.22 bits per heavy atom. The van der Waals surface area contributed by atoms with Crippen LogP contribution in [0.1, 0.15) is 18.9 Å². The van der Waals surface area contributed by atoms with Crippen LogP contribution in [-0.2, 0) is 4.79 Å². The Kier molecular flexibility index (Phi) is 5.60. The third-order valence-electron chi connectivity index (χ3n) is 3.19. The predicted octanol–water partition coefficient (Wildman–Crippen LogP) is 4.64. The van der Waals surface area contributed by atoms with Gasteiger partial charge < -0.3 is 16.0 Å². The summed E-state index contributed by atoms with van der Waals surface area (Å²) < 4.78 is 0. The maximum absolute atomic E-state index is 12.0. The van der Waals surface area contributed by atoms with Crippen molar-refractivity contribution in [3.05, 3.63) is 53.1 Å². The first-order valence-electron chi connectivity index (χ1n) is 7.22. The third-order valence-corrected chi connectivity index (χ3v) is 3.44. The van der Waals surface area contributed by atoms with E-state index in [1.807, 2.05) is 13.0 Å². The molecule has 0 aliphatic carbocycles. The molecule has 0 heterocycles. The fourth-order valence-electron chi connectivity index (χ4n) is 1.90. The van der Waals surface area contributed by atoms with Gasteiger partial charge in [0.1, 0.15) is 0 Å². The maximum atomic E-state index is 12.0. The van der Waals surface area contributed by atoms with Gasteiger partial charge in [-0.15, -0.1) is 0 Å². The van der Waals surface area contributed by atoms with Gasteiger partial charge in [-0.2, -0.15) is 0 Å². The summed E-state index contributed by atoms with van der Waals surface area (Å²) in [5.41, 5.74) is 2.84. The van der Waals surface area contributed by atoms with Gasteiger partial charge in [0.25, 0.3) is 0 Å². The highest BCUT2D eigenvalue weighted by Gasteiger charge is 2.07. The molecular formula is C17H18ClN3O2. The van der Waals surface area contributed by atoms with Gasteiger partial charge in [0.2, 0.25) is 5.91 Å². The molecule has 2 rings (SSSR count). The molecule has 0 aliphatic rings. The van der Waals surface area contributed by atoms with Crippen LogP contribution in [0.4, 0.5) is 21.9 Å². The van der Waals surface area contributed by atoms with E-state index < -0.39 is 0 Å². The lowest BCUT2D eigenvalue weighted by Crippen LogP contribution is -2.19. The molecule has 0 unspecified atom stereocenters. The Morgan fingerprint density at radius 2 is 1.57 bits per heavy atom. The standard InChI is InChI=1S/C17H18ClN3O2/c1-3-16(22)21-15-10-14(7-4-11(15)2)20-17(23)19-13-8-5-12(18)6-9-13/h4-10H,3H2,1-2H3,(H,21,22)(H2,19,20,23). The summed E-state index contributed by atoms with van der Waals surface area (Å²) in [6.07, 6.45) is 0.397. The molecule has 0 aromatic heterocycles. The van der Waals surface area contributed by atoms with Crippen molar-refractivity contribution in [2.24, 2.45) is 0 Å². The van der Waals surface area contributed by atoms with Crippen molar-refractivity contribution < 1.29 is 9.59 Å². The number of anilines is 3. The summed E-state index contributed by atoms with van der Waals surface area (Å²) in [5, 5.41) is 8.84. The second-order valence-corrected chi connectivity index (χ2v) is 5.45. The van der Waals surface area contributed by atoms with E-state index in [9.17, 15) is 9.59 Å². The summed E-state index contributed by atoms with van der Waals surface area (Å²) in [5.74, 6) is -0.0733. The molecule has 3 N–H and O–H groups in total. The van der Waals surface area contributed by atoms with E-state index >= 15 is 0 Å². The number of carbonyl (C=O) groups excluding carboxylic acids is 2. The monoisotopic (exact) mass is 331 g/mol. The van der Waals surface area contributed by atoms with Crippen molar-refractivity contribution in [3.8, 4) is 0 Å². The van der Waals surface area contributed by atoms with E-state index in [-0.39, 0.29) is 11.9 Å². The first-order chi connectivity index (χ1) is 11.0. The van der Waals surface area contributed by atoms with Crippen molar-refractivity contribution >= 4 is 40.6 Å². The maximum Gasteiger partial charge on any atom is 0.323 e. The summed E-state index contributed by atoms with van der Waals surface area (Å²) in [6, 6.07) is 11.8. The summed E-state index contributed by atoms with van der Waals surface area (Å²) in [6.45, 7) is 3.68. The van der Waals surface area contributed by atoms with E-state index in [1.165, 1.54) is 0 Å². The number of carbonyl (C=O) groups is 2. The molecule has 2 aromatic rings. The minimum atomic E-state index is -0.371. The number of nitrogens with one attached hydrogen (secondary N) is 3. The minimum absolute atomic E-state index is 0.0733. The van der Waals surface area contributed by atoms with Crippen molar-refractivity contribution in [1.29, 1.82) is 0 Å². The number of aryl methyl sites for hydroxylation is 1. The molecule has 3 amide bonds. The summed E-state index contributed by atoms with van der Waals surface area (Å²) in [4.78, 5) is 23.5. The van der Waals surface area contributed by atoms with E-state index in [4.69, 9.17) is 11.6 Å². The highest BCUT2D eigenvalue weighted by atomic mass is 35.5. The normalized spacial score (nSPS) is 10.0. The molecule has 0 saturated heterocycles. The average molecular weight is 332 g/mol. The molecule has 120 valence electrons. The summed E-state index contributed by atoms with van der Waals surface area (Å²) >= 11 is 5.80. The van der Waals surface area contributed by atoms with Gasteiger partial charge in [-0.25, -0.2) is 4.79 Å². The zero-order valence-corrected chi connectivity index (χ0v) is 13.7. The molecule has 6 heteroatoms. The van der Waals surface area contributed by atoms with Gasteiger partial charge in [-0.05, 0) is 48.9 Å². The van der Waals surface area contributed by atoms with Crippen LogP contribution in [0.15, 0.2) is 42.5 Å². The van der Waals surface area contributed by atoms with E-state index in [0.29, 0.717) is 28.5 Å². The van der Waals surface area contributed by atoms with Crippen LogP contribution >= 0.6 is 11.6 Å². The number of amides is 3. The minimum Gasteiger partial charge on any atom is -0.326 e. The highest BCUT2D eigenvalue weighted by molar-refractivity contribution is 6.30. The third kappa shape index (κ3) is 5.00. The first-order valence-corrected chi connectivity index (χ1v) is 7.60. The lowest BCUT2D eigenvalue weighted by Gasteiger charge is -2.12. The van der Waals surface area contributed by atoms with Crippen LogP contribution in [-0.4, -0.2) is 11.9 Å². The molecule has 0 bridgehead atoms. The Labute approximate surface area is 140 Å². The molecule has 23 heavy (non-hydrogen) atoms. The van der Waals surface area contributed by atoms with Gasteiger partial charge in [0.15, 0.2) is 0 Å². The van der Waals surface area contributed by atoms with Crippen molar-refractivity contribution in [3.63, 3.8) is 0 Å². The molecule has 2 aromatic carbocycles. The lowest BCUT2D eigenvalue weighted by molar-refractivity contribution is -0.115. The second-order valence-electron chi connectivity index (χ2n) is 5.02. The number of rotatable bonds is 4. The zero-order chi connectivity index (χ0) is 16.8. The topological polar surface area (TPSA) is 70.2 Å². The average Bonchev–Trinajstić information content (AvgIpc) is 2.52. The number of urea groups is 1. The van der Waals surface area contributed by atoms with Gasteiger partial charge in [-0.3, -0.25) is 4.79 Å². The number of hydrogen-bond donors (Lipinski definition) is 3. The Balaban J connectivity index is 2.04. The molecule has 0 saturated carbocycles. The first kappa shape index (κ1) is 16.8. The quantitative estimate of drug-likeness (QED) is 0.763. The molecule has 0 aliphatic heterocycles. The summed E-state index contributed by atoms with van der Waals surface area (Å²) in [7, 11) is 0. The fourth-order valence-corrected chi connectivity index (χ4v) is 2.03. The van der Waals surface area contributed by atoms with E-state index in [2.05, 4.69) is 16.0 Å². The number of benzene rings is 2. The largest absolute Gasteiger partial charge is 0.326 e. The van der Waals surface area contributed by atoms with Gasteiger partial charge in [0, 0.05) is 28.5 Å². The second kappa shape index (κ2) is 7.65. The highest BCUT2D eigenvalue weighted by Crippen LogP contribution is 2.21. The van der Waals surface area contributed by atoms with Crippen LogP contribution in [0, 0.1) is 6.92 Å². The smallest absolute Gasteiger partial charge is 0.323 e.